The van der Waals surface area contributed by atoms with Gasteiger partial charge in [-0.1, -0.05) is 24.6 Å². The van der Waals surface area contributed by atoms with E-state index in [-0.39, 0.29) is 0 Å². The lowest BCUT2D eigenvalue weighted by atomic mass is 10.0. The maximum atomic E-state index is 5.66. The average Bonchev–Trinajstić information content (AvgIpc) is 2.89. The fourth-order valence-electron chi connectivity index (χ4n) is 2.78. The van der Waals surface area contributed by atoms with Crippen molar-refractivity contribution in [1.82, 2.24) is 5.32 Å². The van der Waals surface area contributed by atoms with E-state index in [1.807, 2.05) is 11.8 Å². The molecule has 0 spiro atoms. The van der Waals surface area contributed by atoms with Crippen molar-refractivity contribution in [1.29, 1.82) is 0 Å². The van der Waals surface area contributed by atoms with E-state index in [9.17, 15) is 0 Å². The second-order valence-corrected chi connectivity index (χ2v) is 6.86. The Morgan fingerprint density at radius 3 is 2.90 bits per heavy atom. The molecule has 3 nitrogen and oxygen atoms in total. The number of thioether (sulfide) groups is 1. The van der Waals surface area contributed by atoms with Crippen LogP contribution < -0.4 is 10.1 Å². The number of methoxy groups -OCH3 is 1. The third-order valence-corrected chi connectivity index (χ3v) is 5.57. The topological polar surface area (TPSA) is 30.5 Å². The zero-order valence-corrected chi connectivity index (χ0v) is 14.3. The molecule has 0 aromatic heterocycles. The van der Waals surface area contributed by atoms with E-state index in [0.29, 0.717) is 17.4 Å². The molecule has 0 saturated carbocycles. The molecule has 3 atom stereocenters. The summed E-state index contributed by atoms with van der Waals surface area (Å²) in [6.45, 7) is 8.32. The number of aryl methyl sites for hydroxylation is 1. The Bertz CT molecular complexity index is 452. The summed E-state index contributed by atoms with van der Waals surface area (Å²) in [4.78, 5) is 0. The summed E-state index contributed by atoms with van der Waals surface area (Å²) in [6.07, 6.45) is 1.53. The Balaban J connectivity index is 2.09. The lowest BCUT2D eigenvalue weighted by molar-refractivity contribution is 0.127. The molecule has 21 heavy (non-hydrogen) atoms. The quantitative estimate of drug-likeness (QED) is 0.834. The summed E-state index contributed by atoms with van der Waals surface area (Å²) in [5.74, 6) is 2.02. The fourth-order valence-corrected chi connectivity index (χ4v) is 4.13. The van der Waals surface area contributed by atoms with Crippen molar-refractivity contribution in [2.75, 3.05) is 26.0 Å². The van der Waals surface area contributed by atoms with Gasteiger partial charge in [0.05, 0.1) is 13.2 Å². The van der Waals surface area contributed by atoms with Crippen molar-refractivity contribution in [3.05, 3.63) is 29.3 Å². The fraction of sp³-hybridized carbons (Fsp3) is 0.647. The van der Waals surface area contributed by atoms with Gasteiger partial charge in [-0.05, 0) is 32.9 Å². The minimum Gasteiger partial charge on any atom is -0.496 e. The van der Waals surface area contributed by atoms with Crippen LogP contribution in [0.4, 0.5) is 0 Å². The smallest absolute Gasteiger partial charge is 0.123 e. The van der Waals surface area contributed by atoms with Crippen LogP contribution in [-0.4, -0.2) is 37.4 Å². The first kappa shape index (κ1) is 16.7. The Morgan fingerprint density at radius 2 is 2.29 bits per heavy atom. The molecule has 2 rings (SSSR count). The number of hydrogen-bond acceptors (Lipinski definition) is 4. The molecular weight excluding hydrogens is 282 g/mol. The molecule has 1 saturated heterocycles. The first-order valence-electron chi connectivity index (χ1n) is 7.76. The average molecular weight is 309 g/mol. The molecular formula is C17H27NO2S. The van der Waals surface area contributed by atoms with Gasteiger partial charge in [-0.3, -0.25) is 0 Å². The van der Waals surface area contributed by atoms with Gasteiger partial charge in [0.25, 0.3) is 0 Å². The number of rotatable bonds is 7. The summed E-state index contributed by atoms with van der Waals surface area (Å²) < 4.78 is 11.2. The van der Waals surface area contributed by atoms with Crippen molar-refractivity contribution in [3.8, 4) is 5.75 Å². The standard InChI is InChI=1S/C17H27NO2S/c1-5-18-15(11-21-17-8-9-20-13(17)3)14-10-12(2)6-7-16(14)19-4/h6-7,10,13,15,17-18H,5,8-9,11H2,1-4H3. The van der Waals surface area contributed by atoms with Crippen LogP contribution >= 0.6 is 11.8 Å². The molecule has 1 aliphatic heterocycles. The highest BCUT2D eigenvalue weighted by Crippen LogP contribution is 2.33. The largest absolute Gasteiger partial charge is 0.496 e. The molecule has 1 fully saturated rings. The molecule has 1 aliphatic rings. The van der Waals surface area contributed by atoms with Crippen molar-refractivity contribution < 1.29 is 9.47 Å². The van der Waals surface area contributed by atoms with Crippen LogP contribution in [0.5, 0.6) is 5.75 Å². The summed E-state index contributed by atoms with van der Waals surface area (Å²) in [5, 5.41) is 4.21. The van der Waals surface area contributed by atoms with E-state index in [4.69, 9.17) is 9.47 Å². The van der Waals surface area contributed by atoms with Crippen molar-refractivity contribution in [3.63, 3.8) is 0 Å². The van der Waals surface area contributed by atoms with Crippen LogP contribution in [0, 0.1) is 6.92 Å². The lowest BCUT2D eigenvalue weighted by Gasteiger charge is -2.23. The van der Waals surface area contributed by atoms with Gasteiger partial charge in [-0.25, -0.2) is 0 Å². The van der Waals surface area contributed by atoms with Crippen LogP contribution in [0.15, 0.2) is 18.2 Å². The Labute approximate surface area is 132 Å². The van der Waals surface area contributed by atoms with Crippen LogP contribution in [0.1, 0.15) is 37.4 Å². The van der Waals surface area contributed by atoms with Gasteiger partial charge in [0, 0.05) is 29.2 Å². The minimum atomic E-state index is 0.322. The van der Waals surface area contributed by atoms with Crippen molar-refractivity contribution in [2.24, 2.45) is 0 Å². The minimum absolute atomic E-state index is 0.322. The van der Waals surface area contributed by atoms with Crippen LogP contribution in [-0.2, 0) is 4.74 Å². The second-order valence-electron chi connectivity index (χ2n) is 5.59. The second kappa shape index (κ2) is 8.06. The van der Waals surface area contributed by atoms with Crippen LogP contribution in [0.25, 0.3) is 0 Å². The van der Waals surface area contributed by atoms with Gasteiger partial charge < -0.3 is 14.8 Å². The summed E-state index contributed by atoms with van der Waals surface area (Å²) in [5.41, 5.74) is 2.54. The van der Waals surface area contributed by atoms with E-state index in [0.717, 1.165) is 31.1 Å². The monoisotopic (exact) mass is 309 g/mol. The predicted molar refractivity (Wildman–Crippen MR) is 90.4 cm³/mol. The van der Waals surface area contributed by atoms with Gasteiger partial charge in [-0.15, -0.1) is 0 Å². The summed E-state index contributed by atoms with van der Waals surface area (Å²) >= 11 is 2.02. The van der Waals surface area contributed by atoms with Gasteiger partial charge in [0.1, 0.15) is 5.75 Å². The molecule has 4 heteroatoms. The van der Waals surface area contributed by atoms with Crippen LogP contribution in [0.3, 0.4) is 0 Å². The number of ether oxygens (including phenoxy) is 2. The van der Waals surface area contributed by atoms with Crippen LogP contribution in [0.2, 0.25) is 0 Å². The van der Waals surface area contributed by atoms with Gasteiger partial charge in [-0.2, -0.15) is 11.8 Å². The first-order chi connectivity index (χ1) is 10.2. The Hall–Kier alpha value is -0.710. The Morgan fingerprint density at radius 1 is 1.48 bits per heavy atom. The first-order valence-corrected chi connectivity index (χ1v) is 8.81. The van der Waals surface area contributed by atoms with Gasteiger partial charge in [0.15, 0.2) is 0 Å². The van der Waals surface area contributed by atoms with Gasteiger partial charge in [0.2, 0.25) is 0 Å². The van der Waals surface area contributed by atoms with E-state index in [1.54, 1.807) is 7.11 Å². The molecule has 3 unspecified atom stereocenters. The molecule has 0 aliphatic carbocycles. The number of nitrogens with one attached hydrogen (secondary N) is 1. The SMILES string of the molecule is CCNC(CSC1CCOC1C)c1cc(C)ccc1OC. The van der Waals surface area contributed by atoms with E-state index >= 15 is 0 Å². The maximum Gasteiger partial charge on any atom is 0.123 e. The van der Waals surface area contributed by atoms with E-state index < -0.39 is 0 Å². The summed E-state index contributed by atoms with van der Waals surface area (Å²) in [6, 6.07) is 6.73. The van der Waals surface area contributed by atoms with E-state index in [2.05, 4.69) is 44.3 Å². The third-order valence-electron chi connectivity index (χ3n) is 3.99. The molecule has 118 valence electrons. The highest BCUT2D eigenvalue weighted by molar-refractivity contribution is 8.00. The molecule has 0 bridgehead atoms. The lowest BCUT2D eigenvalue weighted by Crippen LogP contribution is -2.25. The number of hydrogen-bond donors (Lipinski definition) is 1. The van der Waals surface area contributed by atoms with Crippen molar-refractivity contribution >= 4 is 11.8 Å². The normalized spacial score (nSPS) is 23.2. The highest BCUT2D eigenvalue weighted by atomic mass is 32.2. The Kier molecular flexibility index (Phi) is 6.40. The maximum absolute atomic E-state index is 5.66. The zero-order chi connectivity index (χ0) is 15.2. The molecule has 1 N–H and O–H groups in total. The molecule has 0 radical (unpaired) electrons. The van der Waals surface area contributed by atoms with Gasteiger partial charge >= 0.3 is 0 Å². The molecule has 1 aromatic carbocycles. The third kappa shape index (κ3) is 4.38. The number of benzene rings is 1. The predicted octanol–water partition coefficient (Wildman–Crippen LogP) is 3.56. The highest BCUT2D eigenvalue weighted by Gasteiger charge is 2.26. The van der Waals surface area contributed by atoms with Crippen molar-refractivity contribution in [2.45, 2.75) is 44.6 Å². The molecule has 1 heterocycles. The zero-order valence-electron chi connectivity index (χ0n) is 13.5. The van der Waals surface area contributed by atoms with E-state index in [1.165, 1.54) is 11.1 Å². The molecule has 1 aromatic rings. The summed E-state index contributed by atoms with van der Waals surface area (Å²) in [7, 11) is 1.75. The molecule has 0 amide bonds.